The minimum Gasteiger partial charge on any atom is -0.489 e. The van der Waals surface area contributed by atoms with Gasteiger partial charge in [0.2, 0.25) is 0 Å². The van der Waals surface area contributed by atoms with Gasteiger partial charge in [0, 0.05) is 25.7 Å². The molecule has 1 aliphatic rings. The van der Waals surface area contributed by atoms with Crippen LogP contribution < -0.4 is 4.74 Å². The molecule has 5 heteroatoms. The zero-order valence-electron chi connectivity index (χ0n) is 13.7. The van der Waals surface area contributed by atoms with Crippen molar-refractivity contribution in [3.05, 3.63) is 28.8 Å². The Morgan fingerprint density at radius 3 is 2.64 bits per heavy atom. The molecule has 2 rings (SSSR count). The molecule has 120 valence electrons. The molecular formula is C17H24ClN3O. The number of nitriles is 1. The second kappa shape index (κ2) is 7.32. The molecule has 1 aliphatic heterocycles. The third-order valence-corrected chi connectivity index (χ3v) is 4.27. The summed E-state index contributed by atoms with van der Waals surface area (Å²) in [6, 6.07) is 8.17. The van der Waals surface area contributed by atoms with E-state index in [4.69, 9.17) is 16.3 Å². The molecule has 0 bridgehead atoms. The van der Waals surface area contributed by atoms with Crippen LogP contribution in [0.25, 0.3) is 0 Å². The average Bonchev–Trinajstić information content (AvgIpc) is 2.44. The lowest BCUT2D eigenvalue weighted by Crippen LogP contribution is -2.51. The highest BCUT2D eigenvalue weighted by atomic mass is 35.5. The molecular weight excluding hydrogens is 298 g/mol. The molecule has 1 heterocycles. The Labute approximate surface area is 138 Å². The van der Waals surface area contributed by atoms with E-state index in [9.17, 15) is 5.26 Å². The van der Waals surface area contributed by atoms with E-state index in [0.29, 0.717) is 16.8 Å². The maximum atomic E-state index is 9.64. The number of piperazine rings is 1. The Hall–Kier alpha value is -1.28. The maximum absolute atomic E-state index is 9.64. The van der Waals surface area contributed by atoms with E-state index in [0.717, 1.165) is 25.2 Å². The summed E-state index contributed by atoms with van der Waals surface area (Å²) >= 11 is 6.31. The molecule has 1 aromatic carbocycles. The normalized spacial score (nSPS) is 21.6. The molecule has 0 aromatic heterocycles. The topological polar surface area (TPSA) is 39.5 Å². The summed E-state index contributed by atoms with van der Waals surface area (Å²) in [6.45, 7) is 8.93. The quantitative estimate of drug-likeness (QED) is 0.852. The van der Waals surface area contributed by atoms with E-state index in [-0.39, 0.29) is 12.1 Å². The number of ether oxygens (including phenoxy) is 1. The Kier molecular flexibility index (Phi) is 5.69. The van der Waals surface area contributed by atoms with Crippen LogP contribution in [0.3, 0.4) is 0 Å². The van der Waals surface area contributed by atoms with Gasteiger partial charge in [0.05, 0.1) is 17.2 Å². The van der Waals surface area contributed by atoms with Crippen molar-refractivity contribution in [3.8, 4) is 11.8 Å². The van der Waals surface area contributed by atoms with Crippen molar-refractivity contribution in [3.63, 3.8) is 0 Å². The number of likely N-dealkylation sites (N-methyl/N-ethyl adjacent to an activating group) is 1. The molecule has 0 radical (unpaired) electrons. The average molecular weight is 322 g/mol. The molecule has 1 aromatic rings. The van der Waals surface area contributed by atoms with Crippen molar-refractivity contribution < 1.29 is 4.74 Å². The number of rotatable bonds is 4. The van der Waals surface area contributed by atoms with Gasteiger partial charge in [-0.2, -0.15) is 5.26 Å². The highest BCUT2D eigenvalue weighted by molar-refractivity contribution is 6.32. The van der Waals surface area contributed by atoms with Gasteiger partial charge < -0.3 is 9.64 Å². The molecule has 0 aliphatic carbocycles. The second-order valence-electron chi connectivity index (χ2n) is 6.24. The summed E-state index contributed by atoms with van der Waals surface area (Å²) < 4.78 is 5.66. The van der Waals surface area contributed by atoms with Crippen molar-refractivity contribution in [2.45, 2.75) is 39.0 Å². The summed E-state index contributed by atoms with van der Waals surface area (Å²) in [7, 11) is 2.12. The highest BCUT2D eigenvalue weighted by Gasteiger charge is 2.29. The van der Waals surface area contributed by atoms with Crippen molar-refractivity contribution in [2.75, 3.05) is 26.7 Å². The standard InChI is InChI=1S/C17H24ClN3O/c1-12(2)22-17-6-5-14(9-15(17)18)16(10-19)21-8-7-20(4)11-13(21)3/h5-6,9,12-13,16H,7-8,11H2,1-4H3. The summed E-state index contributed by atoms with van der Waals surface area (Å²) in [5, 5.41) is 10.2. The number of hydrogen-bond donors (Lipinski definition) is 0. The van der Waals surface area contributed by atoms with Crippen LogP contribution in [0, 0.1) is 11.3 Å². The van der Waals surface area contributed by atoms with E-state index >= 15 is 0 Å². The van der Waals surface area contributed by atoms with Crippen LogP contribution in [0.4, 0.5) is 0 Å². The third kappa shape index (κ3) is 3.92. The Morgan fingerprint density at radius 1 is 1.36 bits per heavy atom. The zero-order valence-corrected chi connectivity index (χ0v) is 14.5. The van der Waals surface area contributed by atoms with Crippen LogP contribution >= 0.6 is 11.6 Å². The molecule has 2 atom stereocenters. The number of nitrogens with zero attached hydrogens (tertiary/aromatic N) is 3. The monoisotopic (exact) mass is 321 g/mol. The van der Waals surface area contributed by atoms with E-state index < -0.39 is 0 Å². The first-order chi connectivity index (χ1) is 10.4. The summed E-state index contributed by atoms with van der Waals surface area (Å²) in [5.74, 6) is 0.670. The minimum atomic E-state index is -0.269. The molecule has 0 amide bonds. The van der Waals surface area contributed by atoms with Crippen molar-refractivity contribution in [1.82, 2.24) is 9.80 Å². The van der Waals surface area contributed by atoms with E-state index in [1.54, 1.807) is 0 Å². The molecule has 0 saturated carbocycles. The van der Waals surface area contributed by atoms with Crippen LogP contribution in [0.1, 0.15) is 32.4 Å². The fourth-order valence-electron chi connectivity index (χ4n) is 2.91. The van der Waals surface area contributed by atoms with Crippen LogP contribution in [0.5, 0.6) is 5.75 Å². The van der Waals surface area contributed by atoms with Crippen LogP contribution in [-0.2, 0) is 0 Å². The molecule has 1 saturated heterocycles. The first-order valence-corrected chi connectivity index (χ1v) is 8.10. The first-order valence-electron chi connectivity index (χ1n) is 7.72. The number of halogens is 1. The molecule has 4 nitrogen and oxygen atoms in total. The van der Waals surface area contributed by atoms with Crippen LogP contribution in [-0.4, -0.2) is 48.6 Å². The fourth-order valence-corrected chi connectivity index (χ4v) is 3.15. The predicted molar refractivity (Wildman–Crippen MR) is 89.2 cm³/mol. The van der Waals surface area contributed by atoms with Gasteiger partial charge >= 0.3 is 0 Å². The molecule has 1 fully saturated rings. The smallest absolute Gasteiger partial charge is 0.138 e. The SMILES string of the molecule is CC(C)Oc1ccc(C(C#N)N2CCN(C)CC2C)cc1Cl. The lowest BCUT2D eigenvalue weighted by atomic mass is 10.0. The van der Waals surface area contributed by atoms with E-state index in [1.165, 1.54) is 0 Å². The van der Waals surface area contributed by atoms with Gasteiger partial charge in [-0.05, 0) is 45.5 Å². The zero-order chi connectivity index (χ0) is 16.3. The van der Waals surface area contributed by atoms with E-state index in [2.05, 4.69) is 29.8 Å². The fraction of sp³-hybridized carbons (Fsp3) is 0.588. The molecule has 0 spiro atoms. The van der Waals surface area contributed by atoms with Gasteiger partial charge in [-0.3, -0.25) is 4.90 Å². The van der Waals surface area contributed by atoms with Gasteiger partial charge in [-0.1, -0.05) is 17.7 Å². The van der Waals surface area contributed by atoms with Gasteiger partial charge in [-0.25, -0.2) is 0 Å². The highest BCUT2D eigenvalue weighted by Crippen LogP contribution is 2.32. The lowest BCUT2D eigenvalue weighted by Gasteiger charge is -2.40. The molecule has 2 unspecified atom stereocenters. The molecule has 22 heavy (non-hydrogen) atoms. The number of hydrogen-bond acceptors (Lipinski definition) is 4. The lowest BCUT2D eigenvalue weighted by molar-refractivity contribution is 0.0796. The Morgan fingerprint density at radius 2 is 2.09 bits per heavy atom. The number of benzene rings is 1. The van der Waals surface area contributed by atoms with Crippen LogP contribution in [0.15, 0.2) is 18.2 Å². The summed E-state index contributed by atoms with van der Waals surface area (Å²) in [4.78, 5) is 4.54. The largest absolute Gasteiger partial charge is 0.489 e. The Balaban J connectivity index is 2.21. The van der Waals surface area contributed by atoms with Crippen molar-refractivity contribution >= 4 is 11.6 Å². The maximum Gasteiger partial charge on any atom is 0.138 e. The van der Waals surface area contributed by atoms with Crippen LogP contribution in [0.2, 0.25) is 5.02 Å². The Bertz CT molecular complexity index is 555. The predicted octanol–water partition coefficient (Wildman–Crippen LogP) is 3.33. The molecule has 0 N–H and O–H groups in total. The summed E-state index contributed by atoms with van der Waals surface area (Å²) in [5.41, 5.74) is 0.931. The third-order valence-electron chi connectivity index (χ3n) is 3.97. The minimum absolute atomic E-state index is 0.0766. The van der Waals surface area contributed by atoms with Gasteiger partial charge in [0.1, 0.15) is 11.8 Å². The van der Waals surface area contributed by atoms with Crippen molar-refractivity contribution in [1.29, 1.82) is 5.26 Å². The van der Waals surface area contributed by atoms with Gasteiger partial charge in [-0.15, -0.1) is 0 Å². The summed E-state index contributed by atoms with van der Waals surface area (Å²) in [6.07, 6.45) is 0.0766. The second-order valence-corrected chi connectivity index (χ2v) is 6.64. The van der Waals surface area contributed by atoms with E-state index in [1.807, 2.05) is 32.0 Å². The van der Waals surface area contributed by atoms with Crippen molar-refractivity contribution in [2.24, 2.45) is 0 Å². The first kappa shape index (κ1) is 17.1. The van der Waals surface area contributed by atoms with Gasteiger partial charge in [0.15, 0.2) is 0 Å². The van der Waals surface area contributed by atoms with Gasteiger partial charge in [0.25, 0.3) is 0 Å².